The van der Waals surface area contributed by atoms with E-state index in [1.54, 1.807) is 7.11 Å². The van der Waals surface area contributed by atoms with Gasteiger partial charge in [0, 0.05) is 22.9 Å². The number of rotatable bonds is 5. The van der Waals surface area contributed by atoms with Crippen molar-refractivity contribution in [2.45, 2.75) is 0 Å². The number of benzene rings is 3. The molecule has 0 bridgehead atoms. The number of methoxy groups -OCH3 is 1. The van der Waals surface area contributed by atoms with Crippen LogP contribution in [0.25, 0.3) is 33.6 Å². The summed E-state index contributed by atoms with van der Waals surface area (Å²) in [6.45, 7) is 0. The minimum absolute atomic E-state index is 0.535. The molecule has 0 spiro atoms. The van der Waals surface area contributed by atoms with Crippen LogP contribution >= 0.6 is 0 Å². The highest BCUT2D eigenvalue weighted by Crippen LogP contribution is 2.43. The molecule has 2 aromatic heterocycles. The van der Waals surface area contributed by atoms with Gasteiger partial charge < -0.3 is 14.5 Å². The zero-order valence-electron chi connectivity index (χ0n) is 16.4. The zero-order chi connectivity index (χ0) is 20.3. The molecule has 30 heavy (non-hydrogen) atoms. The molecule has 5 nitrogen and oxygen atoms in total. The van der Waals surface area contributed by atoms with Gasteiger partial charge >= 0.3 is 0 Å². The zero-order valence-corrected chi connectivity index (χ0v) is 16.4. The number of ether oxygens (including phenoxy) is 1. The average Bonchev–Trinajstić information content (AvgIpc) is 3.21. The normalized spacial score (nSPS) is 10.8. The van der Waals surface area contributed by atoms with Crippen LogP contribution in [-0.4, -0.2) is 17.1 Å². The average molecular weight is 393 g/mol. The Balaban J connectivity index is 1.74. The van der Waals surface area contributed by atoms with Crippen molar-refractivity contribution in [3.05, 3.63) is 91.3 Å². The lowest BCUT2D eigenvalue weighted by Crippen LogP contribution is -1.96. The molecule has 3 aromatic carbocycles. The molecule has 2 heterocycles. The molecule has 0 saturated heterocycles. The second-order valence-electron chi connectivity index (χ2n) is 6.80. The highest BCUT2D eigenvalue weighted by Gasteiger charge is 2.22. The van der Waals surface area contributed by atoms with Crippen molar-refractivity contribution < 1.29 is 9.15 Å². The van der Waals surface area contributed by atoms with Gasteiger partial charge in [0.05, 0.1) is 12.5 Å². The number of nitrogens with one attached hydrogen (secondary N) is 1. The summed E-state index contributed by atoms with van der Waals surface area (Å²) in [5.41, 5.74) is 4.40. The van der Waals surface area contributed by atoms with Gasteiger partial charge in [-0.25, -0.2) is 9.97 Å². The van der Waals surface area contributed by atoms with Gasteiger partial charge in [0.25, 0.3) is 0 Å². The first-order chi connectivity index (χ1) is 14.8. The summed E-state index contributed by atoms with van der Waals surface area (Å²) in [7, 11) is 1.65. The number of anilines is 2. The van der Waals surface area contributed by atoms with E-state index in [1.165, 1.54) is 6.33 Å². The first kappa shape index (κ1) is 17.9. The van der Waals surface area contributed by atoms with Crippen LogP contribution in [0.5, 0.6) is 5.75 Å². The van der Waals surface area contributed by atoms with Crippen molar-refractivity contribution in [3.63, 3.8) is 0 Å². The first-order valence-corrected chi connectivity index (χ1v) is 9.63. The number of fused-ring (bicyclic) bond motifs is 1. The lowest BCUT2D eigenvalue weighted by molar-refractivity contribution is 0.415. The van der Waals surface area contributed by atoms with Crippen LogP contribution < -0.4 is 10.1 Å². The fraction of sp³-hybridized carbons (Fsp3) is 0.0400. The molecule has 0 aliphatic carbocycles. The highest BCUT2D eigenvalue weighted by molar-refractivity contribution is 6.06. The Kier molecular flexibility index (Phi) is 4.62. The van der Waals surface area contributed by atoms with Crippen molar-refractivity contribution in [2.24, 2.45) is 0 Å². The fourth-order valence-corrected chi connectivity index (χ4v) is 3.54. The molecule has 5 heteroatoms. The van der Waals surface area contributed by atoms with Gasteiger partial charge in [-0.15, -0.1) is 0 Å². The Morgan fingerprint density at radius 1 is 0.800 bits per heavy atom. The standard InChI is InChI=1S/C25H19N3O2/c1-29-20-14-8-13-19(15-20)28-24-22-21(17-9-4-2-5-10-17)23(18-11-6-3-7-12-18)30-25(22)27-16-26-24/h2-16H,1H3,(H,26,27,28). The number of aromatic nitrogens is 2. The molecule has 0 fully saturated rings. The molecular weight excluding hydrogens is 374 g/mol. The molecule has 0 saturated carbocycles. The molecule has 0 aliphatic rings. The monoisotopic (exact) mass is 393 g/mol. The summed E-state index contributed by atoms with van der Waals surface area (Å²) in [4.78, 5) is 8.93. The van der Waals surface area contributed by atoms with Gasteiger partial charge in [0.15, 0.2) is 0 Å². The molecule has 0 radical (unpaired) electrons. The van der Waals surface area contributed by atoms with Crippen LogP contribution in [0.15, 0.2) is 95.7 Å². The third kappa shape index (κ3) is 3.26. The van der Waals surface area contributed by atoms with Gasteiger partial charge in [0.2, 0.25) is 5.71 Å². The third-order valence-electron chi connectivity index (χ3n) is 4.92. The minimum Gasteiger partial charge on any atom is -0.497 e. The molecule has 146 valence electrons. The molecule has 0 amide bonds. The van der Waals surface area contributed by atoms with Gasteiger partial charge in [-0.2, -0.15) is 0 Å². The lowest BCUT2D eigenvalue weighted by atomic mass is 9.99. The smallest absolute Gasteiger partial charge is 0.232 e. The van der Waals surface area contributed by atoms with Crippen molar-refractivity contribution in [1.82, 2.24) is 9.97 Å². The maximum Gasteiger partial charge on any atom is 0.232 e. The van der Waals surface area contributed by atoms with Crippen molar-refractivity contribution in [1.29, 1.82) is 0 Å². The Bertz CT molecular complexity index is 1300. The van der Waals surface area contributed by atoms with Gasteiger partial charge in [-0.3, -0.25) is 0 Å². The molecular formula is C25H19N3O2. The number of furan rings is 1. The van der Waals surface area contributed by atoms with Crippen LogP contribution in [0, 0.1) is 0 Å². The maximum atomic E-state index is 6.25. The predicted molar refractivity (Wildman–Crippen MR) is 119 cm³/mol. The quantitative estimate of drug-likeness (QED) is 0.379. The van der Waals surface area contributed by atoms with E-state index in [0.29, 0.717) is 11.5 Å². The molecule has 0 aliphatic heterocycles. The number of nitrogens with zero attached hydrogens (tertiary/aromatic N) is 2. The SMILES string of the molecule is COc1cccc(Nc2ncnc3oc(-c4ccccc4)c(-c4ccccc4)c23)c1. The van der Waals surface area contributed by atoms with Crippen LogP contribution in [0.2, 0.25) is 0 Å². The van der Waals surface area contributed by atoms with E-state index in [0.717, 1.165) is 39.3 Å². The van der Waals surface area contributed by atoms with Gasteiger partial charge in [0.1, 0.15) is 23.7 Å². The van der Waals surface area contributed by atoms with E-state index >= 15 is 0 Å². The van der Waals surface area contributed by atoms with Crippen LogP contribution in [0.4, 0.5) is 11.5 Å². The largest absolute Gasteiger partial charge is 0.497 e. The fourth-order valence-electron chi connectivity index (χ4n) is 3.54. The predicted octanol–water partition coefficient (Wildman–Crippen LogP) is 6.31. The van der Waals surface area contributed by atoms with Crippen LogP contribution in [0.3, 0.4) is 0 Å². The first-order valence-electron chi connectivity index (χ1n) is 9.63. The summed E-state index contributed by atoms with van der Waals surface area (Å²) in [6, 6.07) is 28.0. The van der Waals surface area contributed by atoms with Crippen molar-refractivity contribution >= 4 is 22.6 Å². The summed E-state index contributed by atoms with van der Waals surface area (Å²) in [6.07, 6.45) is 1.51. The number of hydrogen-bond donors (Lipinski definition) is 1. The topological polar surface area (TPSA) is 60.2 Å². The Hall–Kier alpha value is -4.12. The molecule has 5 rings (SSSR count). The second kappa shape index (κ2) is 7.72. The summed E-state index contributed by atoms with van der Waals surface area (Å²) in [5.74, 6) is 2.22. The summed E-state index contributed by atoms with van der Waals surface area (Å²) in [5, 5.41) is 4.24. The Morgan fingerprint density at radius 3 is 2.27 bits per heavy atom. The van der Waals surface area contributed by atoms with E-state index in [2.05, 4.69) is 27.4 Å². The summed E-state index contributed by atoms with van der Waals surface area (Å²) < 4.78 is 11.6. The minimum atomic E-state index is 0.535. The van der Waals surface area contributed by atoms with Crippen molar-refractivity contribution in [2.75, 3.05) is 12.4 Å². The Labute approximate surface area is 174 Å². The van der Waals surface area contributed by atoms with E-state index in [4.69, 9.17) is 9.15 Å². The molecule has 0 unspecified atom stereocenters. The van der Waals surface area contributed by atoms with E-state index in [9.17, 15) is 0 Å². The highest BCUT2D eigenvalue weighted by atomic mass is 16.5. The van der Waals surface area contributed by atoms with Crippen LogP contribution in [-0.2, 0) is 0 Å². The molecule has 1 N–H and O–H groups in total. The van der Waals surface area contributed by atoms with E-state index in [-0.39, 0.29) is 0 Å². The maximum absolute atomic E-state index is 6.25. The second-order valence-corrected chi connectivity index (χ2v) is 6.80. The van der Waals surface area contributed by atoms with Crippen molar-refractivity contribution in [3.8, 4) is 28.2 Å². The summed E-state index contributed by atoms with van der Waals surface area (Å²) >= 11 is 0. The van der Waals surface area contributed by atoms with Gasteiger partial charge in [-0.05, 0) is 17.7 Å². The van der Waals surface area contributed by atoms with E-state index < -0.39 is 0 Å². The Morgan fingerprint density at radius 2 is 1.53 bits per heavy atom. The molecule has 5 aromatic rings. The third-order valence-corrected chi connectivity index (χ3v) is 4.92. The lowest BCUT2D eigenvalue weighted by Gasteiger charge is -2.09. The van der Waals surface area contributed by atoms with E-state index in [1.807, 2.05) is 72.8 Å². The number of hydrogen-bond acceptors (Lipinski definition) is 5. The van der Waals surface area contributed by atoms with Crippen LogP contribution in [0.1, 0.15) is 0 Å². The van der Waals surface area contributed by atoms with Gasteiger partial charge in [-0.1, -0.05) is 66.7 Å². The molecule has 0 atom stereocenters.